The second kappa shape index (κ2) is 3.93. The summed E-state index contributed by atoms with van der Waals surface area (Å²) >= 11 is 0. The van der Waals surface area contributed by atoms with Crippen LogP contribution in [0.4, 0.5) is 10.5 Å². The molecule has 0 unspecified atom stereocenters. The highest BCUT2D eigenvalue weighted by Gasteiger charge is 2.23. The van der Waals surface area contributed by atoms with Gasteiger partial charge in [0.15, 0.2) is 0 Å². The van der Waals surface area contributed by atoms with Crippen molar-refractivity contribution in [1.82, 2.24) is 5.32 Å². The van der Waals surface area contributed by atoms with Crippen LogP contribution < -0.4 is 10.2 Å². The van der Waals surface area contributed by atoms with E-state index in [-0.39, 0.29) is 12.1 Å². The van der Waals surface area contributed by atoms with Gasteiger partial charge in [-0.3, -0.25) is 4.90 Å². The van der Waals surface area contributed by atoms with Crippen LogP contribution in [0.5, 0.6) is 0 Å². The van der Waals surface area contributed by atoms with Crippen molar-refractivity contribution in [1.29, 1.82) is 0 Å². The predicted molar refractivity (Wildman–Crippen MR) is 61.2 cm³/mol. The summed E-state index contributed by atoms with van der Waals surface area (Å²) in [5.74, 6) is 0. The summed E-state index contributed by atoms with van der Waals surface area (Å²) in [6.07, 6.45) is 0.960. The van der Waals surface area contributed by atoms with Gasteiger partial charge in [-0.1, -0.05) is 18.2 Å². The Morgan fingerprint density at radius 1 is 1.40 bits per heavy atom. The van der Waals surface area contributed by atoms with Crippen LogP contribution >= 0.6 is 0 Å². The number of rotatable bonds is 1. The molecular formula is C12H16N2O. The van der Waals surface area contributed by atoms with Gasteiger partial charge in [0, 0.05) is 18.3 Å². The normalized spacial score (nSPS) is 14.2. The third-order valence-corrected chi connectivity index (χ3v) is 2.54. The monoisotopic (exact) mass is 204 g/mol. The van der Waals surface area contributed by atoms with Gasteiger partial charge in [0.05, 0.1) is 0 Å². The Bertz CT molecular complexity index is 374. The zero-order valence-corrected chi connectivity index (χ0v) is 9.16. The summed E-state index contributed by atoms with van der Waals surface area (Å²) in [7, 11) is 0. The number of hydrogen-bond donors (Lipinski definition) is 1. The smallest absolute Gasteiger partial charge is 0.322 e. The number of carbonyl (C=O) groups excluding carboxylic acids is 1. The summed E-state index contributed by atoms with van der Waals surface area (Å²) in [5.41, 5.74) is 2.31. The van der Waals surface area contributed by atoms with Crippen molar-refractivity contribution in [3.8, 4) is 0 Å². The molecule has 0 bridgehead atoms. The van der Waals surface area contributed by atoms with Crippen molar-refractivity contribution in [2.45, 2.75) is 26.3 Å². The maximum absolute atomic E-state index is 11.8. The molecule has 0 fully saturated rings. The number of carbonyl (C=O) groups is 1. The summed E-state index contributed by atoms with van der Waals surface area (Å²) in [4.78, 5) is 13.6. The topological polar surface area (TPSA) is 32.3 Å². The number of para-hydroxylation sites is 1. The third kappa shape index (κ3) is 1.96. The Morgan fingerprint density at radius 3 is 2.87 bits per heavy atom. The molecular weight excluding hydrogens is 188 g/mol. The number of anilines is 1. The lowest BCUT2D eigenvalue weighted by molar-refractivity contribution is 0.244. The molecule has 3 heteroatoms. The number of urea groups is 1. The molecule has 0 saturated carbocycles. The molecule has 0 saturated heterocycles. The molecule has 0 aromatic heterocycles. The first-order valence-electron chi connectivity index (χ1n) is 5.34. The van der Waals surface area contributed by atoms with Crippen LogP contribution in [0.15, 0.2) is 24.3 Å². The van der Waals surface area contributed by atoms with Crippen molar-refractivity contribution < 1.29 is 4.79 Å². The van der Waals surface area contributed by atoms with E-state index in [9.17, 15) is 4.79 Å². The van der Waals surface area contributed by atoms with Gasteiger partial charge < -0.3 is 5.32 Å². The first kappa shape index (κ1) is 10.0. The molecule has 0 spiro atoms. The van der Waals surface area contributed by atoms with Gasteiger partial charge in [-0.25, -0.2) is 4.79 Å². The highest BCUT2D eigenvalue weighted by Crippen LogP contribution is 2.27. The fraction of sp³-hybridized carbons (Fsp3) is 0.417. The van der Waals surface area contributed by atoms with Gasteiger partial charge in [-0.05, 0) is 31.9 Å². The number of amides is 2. The van der Waals surface area contributed by atoms with E-state index < -0.39 is 0 Å². The van der Waals surface area contributed by atoms with E-state index in [4.69, 9.17) is 0 Å². The average molecular weight is 204 g/mol. The molecule has 15 heavy (non-hydrogen) atoms. The van der Waals surface area contributed by atoms with E-state index in [2.05, 4.69) is 11.4 Å². The second-order valence-corrected chi connectivity index (χ2v) is 4.13. The summed E-state index contributed by atoms with van der Waals surface area (Å²) in [6, 6.07) is 8.27. The van der Waals surface area contributed by atoms with Crippen LogP contribution in [0.3, 0.4) is 0 Å². The molecule has 80 valence electrons. The lowest BCUT2D eigenvalue weighted by Crippen LogP contribution is -2.42. The SMILES string of the molecule is CC(C)NC(=O)N1CCc2ccccc21. The number of benzene rings is 1. The zero-order chi connectivity index (χ0) is 10.8. The van der Waals surface area contributed by atoms with Crippen LogP contribution in [0, 0.1) is 0 Å². The van der Waals surface area contributed by atoms with E-state index in [1.807, 2.05) is 36.9 Å². The van der Waals surface area contributed by atoms with Gasteiger partial charge in [0.2, 0.25) is 0 Å². The van der Waals surface area contributed by atoms with Crippen LogP contribution in [-0.2, 0) is 6.42 Å². The molecule has 1 aliphatic heterocycles. The van der Waals surface area contributed by atoms with Gasteiger partial charge >= 0.3 is 6.03 Å². The maximum atomic E-state index is 11.8. The Balaban J connectivity index is 2.17. The molecule has 1 heterocycles. The highest BCUT2D eigenvalue weighted by atomic mass is 16.2. The molecule has 0 radical (unpaired) electrons. The Hall–Kier alpha value is -1.51. The fourth-order valence-corrected chi connectivity index (χ4v) is 1.87. The van der Waals surface area contributed by atoms with Gasteiger partial charge in [-0.2, -0.15) is 0 Å². The number of nitrogens with one attached hydrogen (secondary N) is 1. The van der Waals surface area contributed by atoms with Crippen molar-refractivity contribution >= 4 is 11.7 Å². The molecule has 0 atom stereocenters. The van der Waals surface area contributed by atoms with Gasteiger partial charge in [0.1, 0.15) is 0 Å². The summed E-state index contributed by atoms with van der Waals surface area (Å²) in [5, 5.41) is 2.91. The quantitative estimate of drug-likeness (QED) is 0.747. The Labute approximate surface area is 90.1 Å². The van der Waals surface area contributed by atoms with Crippen molar-refractivity contribution in [3.63, 3.8) is 0 Å². The zero-order valence-electron chi connectivity index (χ0n) is 9.16. The molecule has 3 nitrogen and oxygen atoms in total. The number of hydrogen-bond acceptors (Lipinski definition) is 1. The minimum absolute atomic E-state index is 0.00921. The second-order valence-electron chi connectivity index (χ2n) is 4.13. The van der Waals surface area contributed by atoms with Gasteiger partial charge in [0.25, 0.3) is 0 Å². The molecule has 0 aliphatic carbocycles. The average Bonchev–Trinajstić information content (AvgIpc) is 2.59. The van der Waals surface area contributed by atoms with E-state index in [0.29, 0.717) is 0 Å². The summed E-state index contributed by atoms with van der Waals surface area (Å²) in [6.45, 7) is 4.73. The maximum Gasteiger partial charge on any atom is 0.322 e. The first-order valence-corrected chi connectivity index (χ1v) is 5.34. The molecule has 2 rings (SSSR count). The van der Waals surface area contributed by atoms with Crippen LogP contribution in [0.2, 0.25) is 0 Å². The molecule has 1 aromatic carbocycles. The molecule has 2 amide bonds. The van der Waals surface area contributed by atoms with E-state index >= 15 is 0 Å². The van der Waals surface area contributed by atoms with Crippen molar-refractivity contribution in [2.75, 3.05) is 11.4 Å². The first-order chi connectivity index (χ1) is 7.18. The minimum Gasteiger partial charge on any atom is -0.336 e. The Morgan fingerprint density at radius 2 is 2.13 bits per heavy atom. The van der Waals surface area contributed by atoms with Crippen molar-refractivity contribution in [3.05, 3.63) is 29.8 Å². The lowest BCUT2D eigenvalue weighted by atomic mass is 10.2. The molecule has 1 N–H and O–H groups in total. The van der Waals surface area contributed by atoms with E-state index in [1.54, 1.807) is 0 Å². The van der Waals surface area contributed by atoms with E-state index in [0.717, 1.165) is 18.7 Å². The molecule has 1 aromatic rings. The largest absolute Gasteiger partial charge is 0.336 e. The van der Waals surface area contributed by atoms with Gasteiger partial charge in [-0.15, -0.1) is 0 Å². The number of nitrogens with zero attached hydrogens (tertiary/aromatic N) is 1. The standard InChI is InChI=1S/C12H16N2O/c1-9(2)13-12(15)14-8-7-10-5-3-4-6-11(10)14/h3-6,9H,7-8H2,1-2H3,(H,13,15). The van der Waals surface area contributed by atoms with E-state index in [1.165, 1.54) is 5.56 Å². The van der Waals surface area contributed by atoms with Crippen molar-refractivity contribution in [2.24, 2.45) is 0 Å². The summed E-state index contributed by atoms with van der Waals surface area (Å²) < 4.78 is 0. The predicted octanol–water partition coefficient (Wildman–Crippen LogP) is 2.17. The van der Waals surface area contributed by atoms with Crippen LogP contribution in [0.1, 0.15) is 19.4 Å². The minimum atomic E-state index is 0.00921. The Kier molecular flexibility index (Phi) is 2.62. The highest BCUT2D eigenvalue weighted by molar-refractivity contribution is 5.94. The van der Waals surface area contributed by atoms with Crippen LogP contribution in [-0.4, -0.2) is 18.6 Å². The number of fused-ring (bicyclic) bond motifs is 1. The third-order valence-electron chi connectivity index (χ3n) is 2.54. The molecule has 1 aliphatic rings. The van der Waals surface area contributed by atoms with Crippen LogP contribution in [0.25, 0.3) is 0 Å². The fourth-order valence-electron chi connectivity index (χ4n) is 1.87. The lowest BCUT2D eigenvalue weighted by Gasteiger charge is -2.19.